The minimum absolute atomic E-state index is 0.179. The van der Waals surface area contributed by atoms with E-state index in [0.29, 0.717) is 24.1 Å². The molecule has 1 heterocycles. The van der Waals surface area contributed by atoms with E-state index in [4.69, 9.17) is 5.11 Å². The van der Waals surface area contributed by atoms with E-state index in [1.165, 1.54) is 17.4 Å². The molecule has 2 rings (SSSR count). The first-order valence-electron chi connectivity index (χ1n) is 6.11. The number of hydrogen-bond donors (Lipinski definition) is 2. The summed E-state index contributed by atoms with van der Waals surface area (Å²) in [6, 6.07) is 4.91. The third kappa shape index (κ3) is 3.63. The highest BCUT2D eigenvalue weighted by Gasteiger charge is 2.16. The summed E-state index contributed by atoms with van der Waals surface area (Å²) in [7, 11) is -3.56. The molecule has 2 N–H and O–H groups in total. The maximum atomic E-state index is 12.2. The Labute approximate surface area is 122 Å². The van der Waals surface area contributed by atoms with E-state index in [1.54, 1.807) is 25.3 Å². The quantitative estimate of drug-likeness (QED) is 0.846. The average Bonchev–Trinajstić information content (AvgIpc) is 2.92. The molecule has 0 amide bonds. The van der Waals surface area contributed by atoms with Gasteiger partial charge in [-0.05, 0) is 24.1 Å². The minimum atomic E-state index is -3.56. The van der Waals surface area contributed by atoms with Crippen molar-refractivity contribution in [3.63, 3.8) is 0 Å². The first kappa shape index (κ1) is 15.1. The van der Waals surface area contributed by atoms with E-state index in [1.807, 2.05) is 5.38 Å². The summed E-state index contributed by atoms with van der Waals surface area (Å²) in [6.45, 7) is 1.86. The number of aromatic nitrogens is 1. The molecule has 0 fully saturated rings. The van der Waals surface area contributed by atoms with Gasteiger partial charge in [0.25, 0.3) is 0 Å². The molecule has 0 saturated carbocycles. The Balaban J connectivity index is 2.09. The summed E-state index contributed by atoms with van der Waals surface area (Å²) in [5.41, 5.74) is 1.24. The molecule has 0 aliphatic heterocycles. The van der Waals surface area contributed by atoms with Gasteiger partial charge < -0.3 is 5.11 Å². The van der Waals surface area contributed by atoms with Crippen molar-refractivity contribution in [2.45, 2.75) is 24.8 Å². The molecular formula is C13H16N2O3S2. The predicted octanol–water partition coefficient (Wildman–Crippen LogP) is 1.46. The maximum Gasteiger partial charge on any atom is 0.240 e. The van der Waals surface area contributed by atoms with Gasteiger partial charge in [-0.15, -0.1) is 11.3 Å². The minimum Gasteiger partial charge on any atom is -0.392 e. The second kappa shape index (κ2) is 6.45. The normalized spacial score (nSPS) is 11.7. The number of nitrogens with zero attached hydrogens (tertiary/aromatic N) is 1. The lowest BCUT2D eigenvalue weighted by Gasteiger charge is -2.10. The summed E-state index contributed by atoms with van der Waals surface area (Å²) in [5.74, 6) is 0. The Bertz CT molecular complexity index is 667. The number of thiazole rings is 1. The highest BCUT2D eigenvalue weighted by molar-refractivity contribution is 7.89. The van der Waals surface area contributed by atoms with E-state index >= 15 is 0 Å². The van der Waals surface area contributed by atoms with Gasteiger partial charge in [0.2, 0.25) is 10.0 Å². The number of rotatable bonds is 6. The third-order valence-electron chi connectivity index (χ3n) is 2.84. The molecule has 108 valence electrons. The van der Waals surface area contributed by atoms with Crippen molar-refractivity contribution in [1.82, 2.24) is 9.71 Å². The number of hydrogen-bond acceptors (Lipinski definition) is 5. The van der Waals surface area contributed by atoms with Crippen molar-refractivity contribution >= 4 is 21.4 Å². The van der Waals surface area contributed by atoms with E-state index in [-0.39, 0.29) is 11.5 Å². The monoisotopic (exact) mass is 312 g/mol. The second-order valence-electron chi connectivity index (χ2n) is 4.33. The van der Waals surface area contributed by atoms with Crippen LogP contribution in [0.15, 0.2) is 34.7 Å². The van der Waals surface area contributed by atoms with E-state index in [2.05, 4.69) is 9.71 Å². The lowest BCUT2D eigenvalue weighted by Crippen LogP contribution is -2.26. The van der Waals surface area contributed by atoms with Crippen LogP contribution in [0.2, 0.25) is 0 Å². The third-order valence-corrected chi connectivity index (χ3v) is 5.28. The summed E-state index contributed by atoms with van der Waals surface area (Å²) < 4.78 is 27.0. The molecule has 5 nitrogen and oxygen atoms in total. The van der Waals surface area contributed by atoms with Crippen LogP contribution in [0.1, 0.15) is 16.1 Å². The fourth-order valence-electron chi connectivity index (χ4n) is 1.78. The van der Waals surface area contributed by atoms with E-state index in [0.717, 1.165) is 5.01 Å². The van der Waals surface area contributed by atoms with Crippen LogP contribution in [0, 0.1) is 6.92 Å². The maximum absolute atomic E-state index is 12.2. The van der Waals surface area contributed by atoms with Crippen LogP contribution in [0.5, 0.6) is 0 Å². The molecule has 0 saturated heterocycles. The largest absolute Gasteiger partial charge is 0.392 e. The topological polar surface area (TPSA) is 79.3 Å². The van der Waals surface area contributed by atoms with Gasteiger partial charge in [0.05, 0.1) is 16.5 Å². The summed E-state index contributed by atoms with van der Waals surface area (Å²) in [4.78, 5) is 4.32. The Morgan fingerprint density at radius 3 is 2.85 bits per heavy atom. The fraction of sp³-hybridized carbons (Fsp3) is 0.308. The van der Waals surface area contributed by atoms with E-state index < -0.39 is 10.0 Å². The first-order valence-corrected chi connectivity index (χ1v) is 8.47. The zero-order valence-corrected chi connectivity index (χ0v) is 12.7. The number of aryl methyl sites for hydroxylation is 1. The molecule has 0 atom stereocenters. The first-order chi connectivity index (χ1) is 9.53. The predicted molar refractivity (Wildman–Crippen MR) is 78.1 cm³/mol. The van der Waals surface area contributed by atoms with Crippen LogP contribution in [0.25, 0.3) is 0 Å². The van der Waals surface area contributed by atoms with E-state index in [9.17, 15) is 8.42 Å². The molecule has 20 heavy (non-hydrogen) atoms. The summed E-state index contributed by atoms with van der Waals surface area (Å²) in [5, 5.41) is 11.9. The average molecular weight is 312 g/mol. The van der Waals surface area contributed by atoms with Crippen LogP contribution in [0.3, 0.4) is 0 Å². The molecule has 7 heteroatoms. The van der Waals surface area contributed by atoms with Crippen LogP contribution in [-0.4, -0.2) is 25.1 Å². The van der Waals surface area contributed by atoms with Crippen molar-refractivity contribution in [1.29, 1.82) is 0 Å². The Morgan fingerprint density at radius 1 is 1.40 bits per heavy atom. The number of aliphatic hydroxyl groups is 1. The standard InChI is InChI=1S/C13H16N2O3S2/c1-10-2-3-11(9-16)8-12(10)20(17,18)15-5-4-13-14-6-7-19-13/h2-3,6-8,15-16H,4-5,9H2,1H3. The lowest BCUT2D eigenvalue weighted by molar-refractivity contribution is 0.281. The molecule has 1 aromatic heterocycles. The zero-order valence-electron chi connectivity index (χ0n) is 11.0. The van der Waals surface area contributed by atoms with Crippen molar-refractivity contribution in [3.05, 3.63) is 45.9 Å². The number of benzene rings is 1. The van der Waals surface area contributed by atoms with Crippen LogP contribution < -0.4 is 4.72 Å². The van der Waals surface area contributed by atoms with Crippen molar-refractivity contribution in [2.75, 3.05) is 6.54 Å². The Hall–Kier alpha value is -1.28. The second-order valence-corrected chi connectivity index (χ2v) is 7.05. The molecule has 0 spiro atoms. The Morgan fingerprint density at radius 2 is 2.20 bits per heavy atom. The highest BCUT2D eigenvalue weighted by Crippen LogP contribution is 2.17. The van der Waals surface area contributed by atoms with Gasteiger partial charge in [0.15, 0.2) is 0 Å². The molecular weight excluding hydrogens is 296 g/mol. The van der Waals surface area contributed by atoms with Gasteiger partial charge in [-0.25, -0.2) is 18.1 Å². The molecule has 0 aliphatic carbocycles. The van der Waals surface area contributed by atoms with Gasteiger partial charge in [0, 0.05) is 24.5 Å². The Kier molecular flexibility index (Phi) is 4.87. The van der Waals surface area contributed by atoms with Gasteiger partial charge in [-0.1, -0.05) is 12.1 Å². The number of nitrogens with one attached hydrogen (secondary N) is 1. The summed E-state index contributed by atoms with van der Waals surface area (Å²) >= 11 is 1.50. The summed E-state index contributed by atoms with van der Waals surface area (Å²) in [6.07, 6.45) is 2.26. The lowest BCUT2D eigenvalue weighted by atomic mass is 10.2. The fourth-order valence-corrected chi connectivity index (χ4v) is 3.72. The molecule has 0 aliphatic rings. The van der Waals surface area contributed by atoms with Gasteiger partial charge in [-0.2, -0.15) is 0 Å². The van der Waals surface area contributed by atoms with Crippen molar-refractivity contribution in [3.8, 4) is 0 Å². The van der Waals surface area contributed by atoms with Gasteiger partial charge in [0.1, 0.15) is 0 Å². The van der Waals surface area contributed by atoms with Crippen LogP contribution >= 0.6 is 11.3 Å². The molecule has 2 aromatic rings. The molecule has 0 bridgehead atoms. The zero-order chi connectivity index (χ0) is 14.6. The highest BCUT2D eigenvalue weighted by atomic mass is 32.2. The SMILES string of the molecule is Cc1ccc(CO)cc1S(=O)(=O)NCCc1nccs1. The van der Waals surface area contributed by atoms with Gasteiger partial charge in [-0.3, -0.25) is 0 Å². The smallest absolute Gasteiger partial charge is 0.240 e. The van der Waals surface area contributed by atoms with Crippen molar-refractivity contribution < 1.29 is 13.5 Å². The van der Waals surface area contributed by atoms with Gasteiger partial charge >= 0.3 is 0 Å². The molecule has 0 unspecified atom stereocenters. The van der Waals surface area contributed by atoms with Crippen molar-refractivity contribution in [2.24, 2.45) is 0 Å². The number of aliphatic hydroxyl groups excluding tert-OH is 1. The number of sulfonamides is 1. The van der Waals surface area contributed by atoms with Crippen LogP contribution in [0.4, 0.5) is 0 Å². The molecule has 1 aromatic carbocycles. The molecule has 0 radical (unpaired) electrons. The van der Waals surface area contributed by atoms with Crippen LogP contribution in [-0.2, 0) is 23.1 Å².